The van der Waals surface area contributed by atoms with E-state index >= 15 is 0 Å². The first kappa shape index (κ1) is 15.5. The Kier molecular flexibility index (Phi) is 5.34. The summed E-state index contributed by atoms with van der Waals surface area (Å²) in [5.74, 6) is 2.24. The van der Waals surface area contributed by atoms with Gasteiger partial charge >= 0.3 is 0 Å². The molecule has 0 atom stereocenters. The number of aryl methyl sites for hydroxylation is 2. The monoisotopic (exact) mass is 306 g/mol. The topological polar surface area (TPSA) is 27.7 Å². The van der Waals surface area contributed by atoms with Gasteiger partial charge in [-0.2, -0.15) is 0 Å². The second-order valence-electron chi connectivity index (χ2n) is 4.72. The average Bonchev–Trinajstić information content (AvgIpc) is 2.49. The molecule has 0 N–H and O–H groups in total. The van der Waals surface area contributed by atoms with E-state index in [0.717, 1.165) is 27.6 Å². The number of benzene rings is 2. The van der Waals surface area contributed by atoms with Crippen molar-refractivity contribution in [3.8, 4) is 17.2 Å². The van der Waals surface area contributed by atoms with Gasteiger partial charge < -0.3 is 14.2 Å². The molecule has 0 bridgehead atoms. The SMILES string of the molecule is COc1ccccc1OCCOc1cc(C)c(Cl)c(C)c1. The molecule has 2 aromatic carbocycles. The molecule has 2 rings (SSSR count). The third-order valence-corrected chi connectivity index (χ3v) is 3.68. The first-order valence-corrected chi connectivity index (χ1v) is 7.15. The minimum atomic E-state index is 0.446. The third-order valence-electron chi connectivity index (χ3n) is 3.09. The third kappa shape index (κ3) is 4.05. The van der Waals surface area contributed by atoms with Crippen LogP contribution in [-0.4, -0.2) is 20.3 Å². The zero-order chi connectivity index (χ0) is 15.2. The molecule has 4 heteroatoms. The van der Waals surface area contributed by atoms with Crippen molar-refractivity contribution < 1.29 is 14.2 Å². The Hall–Kier alpha value is -1.87. The van der Waals surface area contributed by atoms with E-state index in [1.54, 1.807) is 7.11 Å². The Balaban J connectivity index is 1.88. The summed E-state index contributed by atoms with van der Waals surface area (Å²) in [4.78, 5) is 0. The van der Waals surface area contributed by atoms with Crippen LogP contribution >= 0.6 is 11.6 Å². The molecule has 0 saturated carbocycles. The summed E-state index contributed by atoms with van der Waals surface area (Å²) in [6.07, 6.45) is 0. The number of hydrogen-bond donors (Lipinski definition) is 0. The van der Waals surface area contributed by atoms with E-state index in [1.165, 1.54) is 0 Å². The van der Waals surface area contributed by atoms with Crippen LogP contribution in [0.15, 0.2) is 36.4 Å². The standard InChI is InChI=1S/C17H19ClO3/c1-12-10-14(11-13(2)17(12)18)20-8-9-21-16-7-5-4-6-15(16)19-3/h4-7,10-11H,8-9H2,1-3H3. The molecule has 0 radical (unpaired) electrons. The summed E-state index contributed by atoms with van der Waals surface area (Å²) in [6.45, 7) is 4.83. The molecule has 0 saturated heterocycles. The summed E-state index contributed by atoms with van der Waals surface area (Å²) < 4.78 is 16.6. The van der Waals surface area contributed by atoms with Crippen LogP contribution in [0.2, 0.25) is 5.02 Å². The highest BCUT2D eigenvalue weighted by molar-refractivity contribution is 6.32. The van der Waals surface area contributed by atoms with Gasteiger partial charge in [-0.3, -0.25) is 0 Å². The largest absolute Gasteiger partial charge is 0.493 e. The van der Waals surface area contributed by atoms with Crippen molar-refractivity contribution in [3.05, 3.63) is 52.5 Å². The van der Waals surface area contributed by atoms with Crippen molar-refractivity contribution in [3.63, 3.8) is 0 Å². The van der Waals surface area contributed by atoms with Crippen molar-refractivity contribution in [2.45, 2.75) is 13.8 Å². The van der Waals surface area contributed by atoms with Gasteiger partial charge in [0.15, 0.2) is 11.5 Å². The minimum Gasteiger partial charge on any atom is -0.493 e. The molecule has 0 aromatic heterocycles. The van der Waals surface area contributed by atoms with Crippen molar-refractivity contribution in [2.75, 3.05) is 20.3 Å². The fraction of sp³-hybridized carbons (Fsp3) is 0.294. The number of rotatable bonds is 6. The van der Waals surface area contributed by atoms with Crippen LogP contribution in [0, 0.1) is 13.8 Å². The van der Waals surface area contributed by atoms with Crippen LogP contribution < -0.4 is 14.2 Å². The summed E-state index contributed by atoms with van der Waals surface area (Å²) in [5.41, 5.74) is 2.02. The summed E-state index contributed by atoms with van der Waals surface area (Å²) in [5, 5.41) is 0.785. The molecule has 0 spiro atoms. The van der Waals surface area contributed by atoms with E-state index in [1.807, 2.05) is 50.2 Å². The molecular formula is C17H19ClO3. The second kappa shape index (κ2) is 7.23. The summed E-state index contributed by atoms with van der Waals surface area (Å²) in [6, 6.07) is 11.4. The predicted molar refractivity (Wildman–Crippen MR) is 84.9 cm³/mol. The van der Waals surface area contributed by atoms with Gasteiger partial charge in [0.2, 0.25) is 0 Å². The van der Waals surface area contributed by atoms with Crippen molar-refractivity contribution >= 4 is 11.6 Å². The number of para-hydroxylation sites is 2. The number of methoxy groups -OCH3 is 1. The van der Waals surface area contributed by atoms with E-state index in [4.69, 9.17) is 25.8 Å². The van der Waals surface area contributed by atoms with E-state index in [0.29, 0.717) is 19.0 Å². The maximum absolute atomic E-state index is 6.13. The molecule has 0 fully saturated rings. The molecule has 0 aliphatic rings. The average molecular weight is 307 g/mol. The van der Waals surface area contributed by atoms with Crippen molar-refractivity contribution in [1.82, 2.24) is 0 Å². The van der Waals surface area contributed by atoms with E-state index < -0.39 is 0 Å². The zero-order valence-corrected chi connectivity index (χ0v) is 13.2. The quantitative estimate of drug-likeness (QED) is 0.739. The van der Waals surface area contributed by atoms with Gasteiger partial charge in [-0.25, -0.2) is 0 Å². The van der Waals surface area contributed by atoms with Crippen LogP contribution in [0.5, 0.6) is 17.2 Å². The fourth-order valence-electron chi connectivity index (χ4n) is 2.04. The van der Waals surface area contributed by atoms with Crippen LogP contribution in [0.1, 0.15) is 11.1 Å². The fourth-order valence-corrected chi connectivity index (χ4v) is 2.15. The second-order valence-corrected chi connectivity index (χ2v) is 5.10. The Morgan fingerprint density at radius 1 is 0.905 bits per heavy atom. The highest BCUT2D eigenvalue weighted by atomic mass is 35.5. The number of hydrogen-bond acceptors (Lipinski definition) is 3. The lowest BCUT2D eigenvalue weighted by atomic mass is 10.1. The molecular weight excluding hydrogens is 288 g/mol. The van der Waals surface area contributed by atoms with Gasteiger partial charge in [-0.15, -0.1) is 0 Å². The molecule has 21 heavy (non-hydrogen) atoms. The van der Waals surface area contributed by atoms with Crippen LogP contribution in [0.4, 0.5) is 0 Å². The molecule has 112 valence electrons. The molecule has 0 aliphatic carbocycles. The lowest BCUT2D eigenvalue weighted by molar-refractivity contribution is 0.211. The summed E-state index contributed by atoms with van der Waals surface area (Å²) in [7, 11) is 1.62. The normalized spacial score (nSPS) is 10.3. The Bertz CT molecular complexity index is 588. The zero-order valence-electron chi connectivity index (χ0n) is 12.5. The van der Waals surface area contributed by atoms with Crippen molar-refractivity contribution in [2.24, 2.45) is 0 Å². The van der Waals surface area contributed by atoms with Gasteiger partial charge in [0.1, 0.15) is 19.0 Å². The van der Waals surface area contributed by atoms with Crippen LogP contribution in [-0.2, 0) is 0 Å². The lowest BCUT2D eigenvalue weighted by Gasteiger charge is -2.12. The van der Waals surface area contributed by atoms with Gasteiger partial charge in [0, 0.05) is 5.02 Å². The molecule has 3 nitrogen and oxygen atoms in total. The van der Waals surface area contributed by atoms with Crippen LogP contribution in [0.25, 0.3) is 0 Å². The number of ether oxygens (including phenoxy) is 3. The Morgan fingerprint density at radius 3 is 2.10 bits per heavy atom. The highest BCUT2D eigenvalue weighted by Crippen LogP contribution is 2.27. The van der Waals surface area contributed by atoms with E-state index in [2.05, 4.69) is 0 Å². The predicted octanol–water partition coefficient (Wildman–Crippen LogP) is 4.42. The van der Waals surface area contributed by atoms with E-state index in [-0.39, 0.29) is 0 Å². The van der Waals surface area contributed by atoms with Gasteiger partial charge in [-0.1, -0.05) is 23.7 Å². The summed E-state index contributed by atoms with van der Waals surface area (Å²) >= 11 is 6.13. The van der Waals surface area contributed by atoms with E-state index in [9.17, 15) is 0 Å². The first-order valence-electron chi connectivity index (χ1n) is 6.77. The first-order chi connectivity index (χ1) is 10.1. The Morgan fingerprint density at radius 2 is 1.48 bits per heavy atom. The van der Waals surface area contributed by atoms with Gasteiger partial charge in [0.25, 0.3) is 0 Å². The molecule has 0 aliphatic heterocycles. The van der Waals surface area contributed by atoms with Gasteiger partial charge in [-0.05, 0) is 49.2 Å². The molecule has 0 heterocycles. The lowest BCUT2D eigenvalue weighted by Crippen LogP contribution is -2.09. The minimum absolute atomic E-state index is 0.446. The van der Waals surface area contributed by atoms with Crippen LogP contribution in [0.3, 0.4) is 0 Å². The highest BCUT2D eigenvalue weighted by Gasteiger charge is 2.05. The van der Waals surface area contributed by atoms with Crippen molar-refractivity contribution in [1.29, 1.82) is 0 Å². The molecule has 0 amide bonds. The molecule has 0 unspecified atom stereocenters. The maximum Gasteiger partial charge on any atom is 0.161 e. The van der Waals surface area contributed by atoms with Gasteiger partial charge in [0.05, 0.1) is 7.11 Å². The maximum atomic E-state index is 6.13. The Labute approximate surface area is 130 Å². The smallest absolute Gasteiger partial charge is 0.161 e. The number of halogens is 1. The molecule has 2 aromatic rings.